The molecule has 39 heavy (non-hydrogen) atoms. The number of rotatable bonds is 17. The van der Waals surface area contributed by atoms with E-state index in [-0.39, 0.29) is 0 Å². The van der Waals surface area contributed by atoms with Gasteiger partial charge in [0.1, 0.15) is 5.01 Å². The van der Waals surface area contributed by atoms with Crippen LogP contribution in [0.2, 0.25) is 0 Å². The highest BCUT2D eigenvalue weighted by atomic mass is 32.1. The first kappa shape index (κ1) is 41.8. The minimum Gasteiger partial charge on any atom is -0.325 e. The van der Waals surface area contributed by atoms with Crippen LogP contribution < -0.4 is 5.73 Å². The summed E-state index contributed by atoms with van der Waals surface area (Å²) < 4.78 is 0. The Morgan fingerprint density at radius 2 is 1.64 bits per heavy atom. The summed E-state index contributed by atoms with van der Waals surface area (Å²) in [5, 5.41) is 10.3. The second-order valence-electron chi connectivity index (χ2n) is 10.7. The summed E-state index contributed by atoms with van der Waals surface area (Å²) in [5.41, 5.74) is 7.84. The van der Waals surface area contributed by atoms with Gasteiger partial charge < -0.3 is 5.73 Å². The van der Waals surface area contributed by atoms with Crippen LogP contribution in [0.4, 0.5) is 0 Å². The predicted molar refractivity (Wildman–Crippen MR) is 180 cm³/mol. The maximum atomic E-state index is 7.32. The maximum absolute atomic E-state index is 7.32. The molecule has 1 heterocycles. The van der Waals surface area contributed by atoms with E-state index in [2.05, 4.69) is 59.7 Å². The van der Waals surface area contributed by atoms with Crippen molar-refractivity contribution < 1.29 is 0 Å². The van der Waals surface area contributed by atoms with Crippen molar-refractivity contribution in [3.63, 3.8) is 0 Å². The summed E-state index contributed by atoms with van der Waals surface area (Å²) in [6.07, 6.45) is 18.2. The van der Waals surface area contributed by atoms with Crippen LogP contribution in [0.5, 0.6) is 0 Å². The van der Waals surface area contributed by atoms with Crippen molar-refractivity contribution in [3.05, 3.63) is 47.0 Å². The lowest BCUT2D eigenvalue weighted by Crippen LogP contribution is -2.16. The van der Waals surface area contributed by atoms with E-state index in [1.807, 2.05) is 44.4 Å². The van der Waals surface area contributed by atoms with Gasteiger partial charge in [0.25, 0.3) is 0 Å². The molecule has 1 aromatic heterocycles. The average molecular weight is 560 g/mol. The van der Waals surface area contributed by atoms with Crippen LogP contribution in [0.3, 0.4) is 0 Å². The molecule has 5 atom stereocenters. The standard InChI is InChI=1S/C24H46.C7H10N2S.C2H3N.C2H6/c1-9-11-12-15-19(3)16-13-17-20(4)18-22(6)24(8)23(7)21(5)14-10-2;1-2-3-6-5-10-7(4-8)9-6;1-2-3;1-2/h10,19-23H,2,8-9,11-18H2,1,3-7H3;2-3,5H,4,8H2,1H3;1H3;1-2H3/b;3-2-;;. The van der Waals surface area contributed by atoms with Crippen LogP contribution >= 0.6 is 11.3 Å². The molecule has 0 aliphatic rings. The normalized spacial score (nSPS) is 14.1. The van der Waals surface area contributed by atoms with E-state index in [0.29, 0.717) is 24.3 Å². The molecule has 0 amide bonds. The van der Waals surface area contributed by atoms with Gasteiger partial charge >= 0.3 is 0 Å². The summed E-state index contributed by atoms with van der Waals surface area (Å²) in [4.78, 5) is 4.23. The van der Waals surface area contributed by atoms with Gasteiger partial charge in [-0.25, -0.2) is 4.98 Å². The molecule has 226 valence electrons. The van der Waals surface area contributed by atoms with Gasteiger partial charge in [0, 0.05) is 18.8 Å². The summed E-state index contributed by atoms with van der Waals surface area (Å²) >= 11 is 1.60. The molecule has 0 aliphatic heterocycles. The number of thiazole rings is 1. The highest BCUT2D eigenvalue weighted by Gasteiger charge is 2.20. The molecule has 1 rings (SSSR count). The number of nitriles is 1. The molecule has 0 radical (unpaired) electrons. The molecule has 0 aromatic carbocycles. The Kier molecular flexibility index (Phi) is 31.4. The van der Waals surface area contributed by atoms with E-state index in [4.69, 9.17) is 11.0 Å². The topological polar surface area (TPSA) is 62.7 Å². The van der Waals surface area contributed by atoms with E-state index in [9.17, 15) is 0 Å². The zero-order chi connectivity index (χ0) is 30.6. The number of nitrogens with two attached hydrogens (primary N) is 1. The largest absolute Gasteiger partial charge is 0.325 e. The van der Waals surface area contributed by atoms with Crippen LogP contribution in [0, 0.1) is 40.9 Å². The number of aromatic nitrogens is 1. The van der Waals surface area contributed by atoms with Crippen LogP contribution in [0.25, 0.3) is 6.08 Å². The Hall–Kier alpha value is -1.70. The van der Waals surface area contributed by atoms with E-state index >= 15 is 0 Å². The van der Waals surface area contributed by atoms with Crippen LogP contribution in [0.1, 0.15) is 138 Å². The monoisotopic (exact) mass is 559 g/mol. The molecular weight excluding hydrogens is 494 g/mol. The summed E-state index contributed by atoms with van der Waals surface area (Å²) in [6.45, 7) is 30.5. The third-order valence-electron chi connectivity index (χ3n) is 7.14. The predicted octanol–water partition coefficient (Wildman–Crippen LogP) is 11.6. The number of unbranched alkanes of at least 4 members (excludes halogenated alkanes) is 2. The lowest BCUT2D eigenvalue weighted by atomic mass is 9.78. The Morgan fingerprint density at radius 3 is 2.13 bits per heavy atom. The Bertz CT molecular complexity index is 758. The van der Waals surface area contributed by atoms with Crippen LogP contribution in [-0.2, 0) is 6.54 Å². The molecule has 0 bridgehead atoms. The van der Waals surface area contributed by atoms with E-state index in [0.717, 1.165) is 29.0 Å². The minimum absolute atomic E-state index is 0.544. The number of nitrogens with zero attached hydrogens (tertiary/aromatic N) is 2. The SMILES string of the molecule is C/C=C\c1csc(CN)n1.C=CCC(C)C(C)C(=C)C(C)CC(C)CCCC(C)CCCCC.CC.CC#N. The molecular formula is C35H65N3S. The second-order valence-corrected chi connectivity index (χ2v) is 11.7. The van der Waals surface area contributed by atoms with E-state index in [1.54, 1.807) is 17.4 Å². The fraction of sp³-hybridized carbons (Fsp3) is 0.714. The van der Waals surface area contributed by atoms with Gasteiger partial charge in [0.15, 0.2) is 0 Å². The molecule has 2 N–H and O–H groups in total. The zero-order valence-corrected chi connectivity index (χ0v) is 28.4. The molecule has 0 saturated heterocycles. The second kappa shape index (κ2) is 29.3. The molecule has 0 aliphatic carbocycles. The smallest absolute Gasteiger partial charge is 0.107 e. The summed E-state index contributed by atoms with van der Waals surface area (Å²) in [6, 6.07) is 1.75. The Labute approximate surface area is 249 Å². The number of hydrogen-bond donors (Lipinski definition) is 1. The Balaban J connectivity index is -0.000000706. The first-order valence-electron chi connectivity index (χ1n) is 15.5. The fourth-order valence-electron chi connectivity index (χ4n) is 4.52. The molecule has 5 unspecified atom stereocenters. The van der Waals surface area contributed by atoms with Crippen molar-refractivity contribution in [2.24, 2.45) is 35.3 Å². The van der Waals surface area contributed by atoms with Crippen molar-refractivity contribution in [2.75, 3.05) is 0 Å². The molecule has 0 fully saturated rings. The van der Waals surface area contributed by atoms with E-state index in [1.165, 1.54) is 63.9 Å². The first-order chi connectivity index (χ1) is 18.6. The van der Waals surface area contributed by atoms with Crippen LogP contribution in [0.15, 0.2) is 36.3 Å². The van der Waals surface area contributed by atoms with E-state index < -0.39 is 0 Å². The van der Waals surface area contributed by atoms with Crippen molar-refractivity contribution in [3.8, 4) is 6.07 Å². The number of hydrogen-bond acceptors (Lipinski definition) is 4. The first-order valence-corrected chi connectivity index (χ1v) is 16.4. The molecule has 0 saturated carbocycles. The molecule has 1 aromatic rings. The van der Waals surface area contributed by atoms with Gasteiger partial charge in [0.05, 0.1) is 11.8 Å². The maximum Gasteiger partial charge on any atom is 0.107 e. The zero-order valence-electron chi connectivity index (χ0n) is 27.6. The van der Waals surface area contributed by atoms with Gasteiger partial charge in [-0.15, -0.1) is 17.9 Å². The van der Waals surface area contributed by atoms with Gasteiger partial charge in [0.2, 0.25) is 0 Å². The average Bonchev–Trinajstić information content (AvgIpc) is 3.38. The minimum atomic E-state index is 0.544. The van der Waals surface area contributed by atoms with Gasteiger partial charge in [-0.3, -0.25) is 0 Å². The van der Waals surface area contributed by atoms with Gasteiger partial charge in [-0.1, -0.05) is 125 Å². The lowest BCUT2D eigenvalue weighted by molar-refractivity contribution is 0.349. The van der Waals surface area contributed by atoms with Gasteiger partial charge in [-0.2, -0.15) is 5.26 Å². The van der Waals surface area contributed by atoms with Gasteiger partial charge in [-0.05, 0) is 55.4 Å². The highest BCUT2D eigenvalue weighted by molar-refractivity contribution is 7.09. The highest BCUT2D eigenvalue weighted by Crippen LogP contribution is 2.32. The molecule has 0 spiro atoms. The van der Waals surface area contributed by atoms with Crippen molar-refractivity contribution in [1.29, 1.82) is 5.26 Å². The molecule has 3 nitrogen and oxygen atoms in total. The summed E-state index contributed by atoms with van der Waals surface area (Å²) in [5.74, 6) is 3.64. The van der Waals surface area contributed by atoms with Crippen molar-refractivity contribution in [1.82, 2.24) is 4.98 Å². The van der Waals surface area contributed by atoms with Crippen molar-refractivity contribution in [2.45, 2.75) is 134 Å². The van der Waals surface area contributed by atoms with Crippen molar-refractivity contribution >= 4 is 17.4 Å². The third kappa shape index (κ3) is 23.9. The summed E-state index contributed by atoms with van der Waals surface area (Å²) in [7, 11) is 0. The molecule has 4 heteroatoms. The third-order valence-corrected chi connectivity index (χ3v) is 8.03. The Morgan fingerprint density at radius 1 is 1.08 bits per heavy atom. The fourth-order valence-corrected chi connectivity index (χ4v) is 5.16. The van der Waals surface area contributed by atoms with Crippen LogP contribution in [-0.4, -0.2) is 4.98 Å². The number of allylic oxidation sites excluding steroid dienone is 3. The lowest BCUT2D eigenvalue weighted by Gasteiger charge is -2.27. The quantitative estimate of drug-likeness (QED) is 0.152.